The number of carbonyl (C=O) groups is 1. The Labute approximate surface area is 114 Å². The van der Waals surface area contributed by atoms with Crippen LogP contribution in [0.2, 0.25) is 0 Å². The van der Waals surface area contributed by atoms with E-state index in [-0.39, 0.29) is 0 Å². The highest BCUT2D eigenvalue weighted by atomic mass is 16.4. The van der Waals surface area contributed by atoms with Gasteiger partial charge < -0.3 is 10.5 Å². The van der Waals surface area contributed by atoms with Gasteiger partial charge in [0, 0.05) is 14.1 Å². The number of likely N-dealkylation sites (N-methyl/N-ethyl adjacent to an activating group) is 1. The summed E-state index contributed by atoms with van der Waals surface area (Å²) in [5.74, 6) is -0.804. The fourth-order valence-electron chi connectivity index (χ4n) is 1.61. The quantitative estimate of drug-likeness (QED) is 0.629. The number of nitrogens with one attached hydrogen (secondary N) is 2. The summed E-state index contributed by atoms with van der Waals surface area (Å²) in [5.41, 5.74) is 7.88. The fraction of sp³-hybridized carbons (Fsp3) is 0.462. The highest BCUT2D eigenvalue weighted by Gasteiger charge is 2.19. The lowest BCUT2D eigenvalue weighted by Crippen LogP contribution is -2.37. The Balaban J connectivity index is 2.63. The summed E-state index contributed by atoms with van der Waals surface area (Å²) in [7, 11) is 7.32. The SMILES string of the molecule is CN(C)NNc1ccc(C[C@@H](C(=O)O)N(C)C)cc1. The van der Waals surface area contributed by atoms with Gasteiger partial charge in [-0.2, -0.15) is 5.53 Å². The summed E-state index contributed by atoms with van der Waals surface area (Å²) < 4.78 is 0. The van der Waals surface area contributed by atoms with Gasteiger partial charge in [-0.05, 0) is 38.2 Å². The van der Waals surface area contributed by atoms with Crippen LogP contribution in [0.4, 0.5) is 5.69 Å². The first kappa shape index (κ1) is 15.4. The summed E-state index contributed by atoms with van der Waals surface area (Å²) in [5, 5.41) is 10.9. The van der Waals surface area contributed by atoms with Gasteiger partial charge in [0.25, 0.3) is 0 Å². The Bertz CT molecular complexity index is 404. The lowest BCUT2D eigenvalue weighted by Gasteiger charge is -2.20. The Morgan fingerprint density at radius 3 is 2.21 bits per heavy atom. The van der Waals surface area contributed by atoms with E-state index >= 15 is 0 Å². The molecule has 0 fully saturated rings. The lowest BCUT2D eigenvalue weighted by molar-refractivity contribution is -0.142. The predicted molar refractivity (Wildman–Crippen MR) is 75.7 cm³/mol. The molecule has 0 heterocycles. The third-order valence-corrected chi connectivity index (χ3v) is 2.72. The number of anilines is 1. The molecule has 0 saturated heterocycles. The number of carboxylic acids is 1. The van der Waals surface area contributed by atoms with E-state index in [0.29, 0.717) is 6.42 Å². The molecule has 0 radical (unpaired) electrons. The largest absolute Gasteiger partial charge is 0.480 e. The number of hydrogen-bond donors (Lipinski definition) is 3. The minimum absolute atomic E-state index is 0.490. The molecule has 0 amide bonds. The Hall–Kier alpha value is -1.63. The maximum absolute atomic E-state index is 11.1. The molecule has 1 rings (SSSR count). The summed E-state index contributed by atoms with van der Waals surface area (Å²) in [6, 6.07) is 7.19. The van der Waals surface area contributed by atoms with E-state index in [4.69, 9.17) is 5.11 Å². The summed E-state index contributed by atoms with van der Waals surface area (Å²) in [4.78, 5) is 12.8. The van der Waals surface area contributed by atoms with Crippen molar-refractivity contribution in [3.05, 3.63) is 29.8 Å². The normalized spacial score (nSPS) is 12.7. The van der Waals surface area contributed by atoms with Gasteiger partial charge in [0.2, 0.25) is 0 Å². The molecular weight excluding hydrogens is 244 g/mol. The first-order chi connectivity index (χ1) is 8.90. The van der Waals surface area contributed by atoms with Crippen molar-refractivity contribution in [3.8, 4) is 0 Å². The van der Waals surface area contributed by atoms with Gasteiger partial charge in [-0.15, -0.1) is 0 Å². The molecule has 6 nitrogen and oxygen atoms in total. The molecule has 0 saturated carbocycles. The van der Waals surface area contributed by atoms with E-state index in [1.165, 1.54) is 0 Å². The second-order valence-electron chi connectivity index (χ2n) is 4.85. The van der Waals surface area contributed by atoms with Gasteiger partial charge in [0.05, 0.1) is 5.69 Å². The molecule has 106 valence electrons. The molecule has 1 aromatic rings. The van der Waals surface area contributed by atoms with E-state index in [0.717, 1.165) is 11.3 Å². The van der Waals surface area contributed by atoms with Gasteiger partial charge in [-0.3, -0.25) is 9.69 Å². The van der Waals surface area contributed by atoms with Crippen molar-refractivity contribution < 1.29 is 9.90 Å². The standard InChI is InChI=1S/C13H22N4O2/c1-16(2)12(13(18)19)9-10-5-7-11(8-6-10)14-15-17(3)4/h5-8,12,14-15H,9H2,1-4H3,(H,18,19)/t12-/m0/s1. The van der Waals surface area contributed by atoms with Crippen LogP contribution in [0.5, 0.6) is 0 Å². The number of hydrogen-bond acceptors (Lipinski definition) is 5. The Morgan fingerprint density at radius 1 is 1.21 bits per heavy atom. The van der Waals surface area contributed by atoms with Crippen LogP contribution in [0, 0.1) is 0 Å². The van der Waals surface area contributed by atoms with Gasteiger partial charge in [-0.25, -0.2) is 5.01 Å². The topological polar surface area (TPSA) is 67.8 Å². The monoisotopic (exact) mass is 266 g/mol. The van der Waals surface area contributed by atoms with Crippen LogP contribution in [0.15, 0.2) is 24.3 Å². The zero-order chi connectivity index (χ0) is 14.4. The molecule has 0 aliphatic heterocycles. The molecule has 0 aliphatic rings. The molecule has 19 heavy (non-hydrogen) atoms. The third-order valence-electron chi connectivity index (χ3n) is 2.72. The predicted octanol–water partition coefficient (Wildman–Crippen LogP) is 0.637. The average Bonchev–Trinajstić information content (AvgIpc) is 2.34. The number of nitrogens with zero attached hydrogens (tertiary/aromatic N) is 2. The van der Waals surface area contributed by atoms with Crippen molar-refractivity contribution in [1.29, 1.82) is 0 Å². The third kappa shape index (κ3) is 5.25. The highest BCUT2D eigenvalue weighted by molar-refractivity contribution is 5.73. The Morgan fingerprint density at radius 2 is 1.79 bits per heavy atom. The maximum atomic E-state index is 11.1. The minimum atomic E-state index is -0.804. The molecule has 1 aromatic carbocycles. The van der Waals surface area contributed by atoms with Gasteiger partial charge in [0.1, 0.15) is 6.04 Å². The first-order valence-corrected chi connectivity index (χ1v) is 6.07. The molecule has 0 aliphatic carbocycles. The van der Waals surface area contributed by atoms with Crippen LogP contribution in [-0.4, -0.2) is 55.2 Å². The molecule has 0 aromatic heterocycles. The van der Waals surface area contributed by atoms with Crippen molar-refractivity contribution in [2.24, 2.45) is 0 Å². The zero-order valence-electron chi connectivity index (χ0n) is 11.8. The molecule has 1 atom stereocenters. The number of aliphatic carboxylic acids is 1. The Kier molecular flexibility index (Phi) is 5.75. The van der Waals surface area contributed by atoms with Crippen LogP contribution < -0.4 is 11.0 Å². The van der Waals surface area contributed by atoms with Crippen LogP contribution in [0.3, 0.4) is 0 Å². The van der Waals surface area contributed by atoms with E-state index in [2.05, 4.69) is 11.0 Å². The minimum Gasteiger partial charge on any atom is -0.480 e. The first-order valence-electron chi connectivity index (χ1n) is 6.07. The molecule has 0 bridgehead atoms. The van der Waals surface area contributed by atoms with E-state index in [9.17, 15) is 4.79 Å². The lowest BCUT2D eigenvalue weighted by atomic mass is 10.1. The average molecular weight is 266 g/mol. The fourth-order valence-corrected chi connectivity index (χ4v) is 1.61. The number of hydrazine groups is 2. The van der Waals surface area contributed by atoms with Crippen LogP contribution in [0.1, 0.15) is 5.56 Å². The second-order valence-corrected chi connectivity index (χ2v) is 4.85. The van der Waals surface area contributed by atoms with E-state index in [1.54, 1.807) is 24.0 Å². The number of rotatable bonds is 7. The molecule has 6 heteroatoms. The van der Waals surface area contributed by atoms with Gasteiger partial charge >= 0.3 is 5.97 Å². The highest BCUT2D eigenvalue weighted by Crippen LogP contribution is 2.12. The maximum Gasteiger partial charge on any atom is 0.321 e. The molecule has 3 N–H and O–H groups in total. The van der Waals surface area contributed by atoms with Gasteiger partial charge in [-0.1, -0.05) is 12.1 Å². The number of benzene rings is 1. The number of carboxylic acid groups (broad SMARTS) is 1. The van der Waals surface area contributed by atoms with Crippen LogP contribution in [-0.2, 0) is 11.2 Å². The summed E-state index contributed by atoms with van der Waals surface area (Å²) in [6.45, 7) is 0. The van der Waals surface area contributed by atoms with Crippen molar-refractivity contribution in [3.63, 3.8) is 0 Å². The van der Waals surface area contributed by atoms with Crippen molar-refractivity contribution in [2.75, 3.05) is 33.6 Å². The van der Waals surface area contributed by atoms with Crippen LogP contribution >= 0.6 is 0 Å². The van der Waals surface area contributed by atoms with E-state index < -0.39 is 12.0 Å². The van der Waals surface area contributed by atoms with Crippen LogP contribution in [0.25, 0.3) is 0 Å². The smallest absolute Gasteiger partial charge is 0.321 e. The van der Waals surface area contributed by atoms with Crippen molar-refractivity contribution >= 4 is 11.7 Å². The van der Waals surface area contributed by atoms with Crippen molar-refractivity contribution in [2.45, 2.75) is 12.5 Å². The molecule has 0 spiro atoms. The van der Waals surface area contributed by atoms with E-state index in [1.807, 2.05) is 38.4 Å². The second kappa shape index (κ2) is 7.08. The zero-order valence-corrected chi connectivity index (χ0v) is 11.8. The van der Waals surface area contributed by atoms with Crippen molar-refractivity contribution in [1.82, 2.24) is 15.4 Å². The molecule has 0 unspecified atom stereocenters. The molecular formula is C13H22N4O2. The summed E-state index contributed by atoms with van der Waals surface area (Å²) in [6.07, 6.45) is 0.490. The summed E-state index contributed by atoms with van der Waals surface area (Å²) >= 11 is 0. The van der Waals surface area contributed by atoms with Gasteiger partial charge in [0.15, 0.2) is 0 Å².